The highest BCUT2D eigenvalue weighted by Crippen LogP contribution is 2.23. The minimum absolute atomic E-state index is 0.0318. The van der Waals surface area contributed by atoms with E-state index in [2.05, 4.69) is 9.97 Å². The molecule has 2 aromatic rings. The lowest BCUT2D eigenvalue weighted by Crippen LogP contribution is -2.37. The zero-order valence-electron chi connectivity index (χ0n) is 12.3. The Morgan fingerprint density at radius 3 is 2.39 bits per heavy atom. The van der Waals surface area contributed by atoms with Crippen molar-refractivity contribution in [2.45, 2.75) is 6.42 Å². The number of nitrogens with zero attached hydrogens (tertiary/aromatic N) is 4. The van der Waals surface area contributed by atoms with Gasteiger partial charge >= 0.3 is 0 Å². The molecule has 3 heterocycles. The van der Waals surface area contributed by atoms with E-state index in [0.717, 1.165) is 6.42 Å². The number of hydrogen-bond donors (Lipinski definition) is 0. The average molecular weight is 351 g/mol. The van der Waals surface area contributed by atoms with Gasteiger partial charge in [0, 0.05) is 38.6 Å². The molecule has 0 N–H and O–H groups in total. The minimum Gasteiger partial charge on any atom is -0.336 e. The fraction of sp³-hybridized carbons (Fsp3) is 0.333. The Labute approximate surface area is 142 Å². The third-order valence-corrected chi connectivity index (χ3v) is 4.86. The van der Waals surface area contributed by atoms with Crippen LogP contribution in [0.2, 0.25) is 4.34 Å². The Morgan fingerprint density at radius 2 is 1.78 bits per heavy atom. The molecule has 0 saturated carbocycles. The third kappa shape index (κ3) is 3.68. The van der Waals surface area contributed by atoms with Gasteiger partial charge in [0.25, 0.3) is 11.8 Å². The number of carbonyl (C=O) groups excluding carboxylic acids is 2. The molecule has 8 heteroatoms. The van der Waals surface area contributed by atoms with Crippen LogP contribution in [0.3, 0.4) is 0 Å². The molecule has 0 spiro atoms. The topological polar surface area (TPSA) is 66.4 Å². The van der Waals surface area contributed by atoms with Crippen molar-refractivity contribution in [1.29, 1.82) is 0 Å². The van der Waals surface area contributed by atoms with Crippen molar-refractivity contribution >= 4 is 34.8 Å². The van der Waals surface area contributed by atoms with Gasteiger partial charge in [-0.3, -0.25) is 14.6 Å². The predicted octanol–water partition coefficient (Wildman–Crippen LogP) is 2.18. The molecule has 0 bridgehead atoms. The molecular weight excluding hydrogens is 336 g/mol. The van der Waals surface area contributed by atoms with Gasteiger partial charge in [0.2, 0.25) is 0 Å². The van der Waals surface area contributed by atoms with Gasteiger partial charge in [0.1, 0.15) is 5.69 Å². The summed E-state index contributed by atoms with van der Waals surface area (Å²) in [6.45, 7) is 2.21. The lowest BCUT2D eigenvalue weighted by atomic mass is 10.3. The van der Waals surface area contributed by atoms with E-state index in [1.165, 1.54) is 29.9 Å². The van der Waals surface area contributed by atoms with Crippen molar-refractivity contribution < 1.29 is 9.59 Å². The number of carbonyl (C=O) groups is 2. The zero-order chi connectivity index (χ0) is 16.2. The molecular formula is C15H15ClN4O2S. The SMILES string of the molecule is O=C(c1cnccn1)N1CCCN(C(=O)c2ccc(Cl)s2)CC1. The summed E-state index contributed by atoms with van der Waals surface area (Å²) in [4.78, 5) is 37.0. The van der Waals surface area contributed by atoms with Gasteiger partial charge in [-0.15, -0.1) is 11.3 Å². The first-order valence-corrected chi connectivity index (χ1v) is 8.44. The first kappa shape index (κ1) is 15.9. The van der Waals surface area contributed by atoms with E-state index >= 15 is 0 Å². The third-order valence-electron chi connectivity index (χ3n) is 3.64. The van der Waals surface area contributed by atoms with E-state index in [-0.39, 0.29) is 11.8 Å². The Balaban J connectivity index is 1.65. The van der Waals surface area contributed by atoms with E-state index < -0.39 is 0 Å². The molecule has 3 rings (SSSR count). The van der Waals surface area contributed by atoms with Gasteiger partial charge in [-0.25, -0.2) is 4.98 Å². The summed E-state index contributed by atoms with van der Waals surface area (Å²) >= 11 is 7.17. The molecule has 1 saturated heterocycles. The number of thiophene rings is 1. The first-order chi connectivity index (χ1) is 11.1. The minimum atomic E-state index is -0.147. The highest BCUT2D eigenvalue weighted by Gasteiger charge is 2.24. The summed E-state index contributed by atoms with van der Waals surface area (Å²) < 4.78 is 0.600. The van der Waals surface area contributed by atoms with E-state index in [4.69, 9.17) is 11.6 Å². The number of halogens is 1. The van der Waals surface area contributed by atoms with Crippen molar-refractivity contribution in [3.05, 3.63) is 45.6 Å². The lowest BCUT2D eigenvalue weighted by Gasteiger charge is -2.21. The highest BCUT2D eigenvalue weighted by atomic mass is 35.5. The van der Waals surface area contributed by atoms with Gasteiger partial charge in [-0.05, 0) is 18.6 Å². The average Bonchev–Trinajstić information content (AvgIpc) is 2.87. The van der Waals surface area contributed by atoms with Crippen LogP contribution >= 0.6 is 22.9 Å². The second-order valence-electron chi connectivity index (χ2n) is 5.13. The quantitative estimate of drug-likeness (QED) is 0.832. The van der Waals surface area contributed by atoms with Gasteiger partial charge in [0.05, 0.1) is 15.4 Å². The second kappa shape index (κ2) is 7.06. The zero-order valence-corrected chi connectivity index (χ0v) is 13.9. The van der Waals surface area contributed by atoms with E-state index in [0.29, 0.717) is 41.1 Å². The second-order valence-corrected chi connectivity index (χ2v) is 6.85. The van der Waals surface area contributed by atoms with Crippen molar-refractivity contribution in [2.24, 2.45) is 0 Å². The van der Waals surface area contributed by atoms with Crippen LogP contribution in [0.25, 0.3) is 0 Å². The van der Waals surface area contributed by atoms with Crippen LogP contribution in [-0.2, 0) is 0 Å². The number of hydrogen-bond acceptors (Lipinski definition) is 5. The fourth-order valence-electron chi connectivity index (χ4n) is 2.48. The summed E-state index contributed by atoms with van der Waals surface area (Å²) in [7, 11) is 0. The van der Waals surface area contributed by atoms with Crippen molar-refractivity contribution in [3.8, 4) is 0 Å². The van der Waals surface area contributed by atoms with Crippen LogP contribution < -0.4 is 0 Å². The molecule has 23 heavy (non-hydrogen) atoms. The number of aromatic nitrogens is 2. The van der Waals surface area contributed by atoms with E-state index in [1.807, 2.05) is 0 Å². The van der Waals surface area contributed by atoms with Crippen LogP contribution in [0, 0.1) is 0 Å². The van der Waals surface area contributed by atoms with Gasteiger partial charge in [-0.2, -0.15) is 0 Å². The lowest BCUT2D eigenvalue weighted by molar-refractivity contribution is 0.0717. The van der Waals surface area contributed by atoms with Crippen LogP contribution in [0.4, 0.5) is 0 Å². The van der Waals surface area contributed by atoms with Crippen molar-refractivity contribution in [3.63, 3.8) is 0 Å². The van der Waals surface area contributed by atoms with Crippen LogP contribution in [0.15, 0.2) is 30.7 Å². The smallest absolute Gasteiger partial charge is 0.274 e. The maximum atomic E-state index is 12.5. The van der Waals surface area contributed by atoms with Gasteiger partial charge in [0.15, 0.2) is 0 Å². The first-order valence-electron chi connectivity index (χ1n) is 7.25. The summed E-state index contributed by atoms with van der Waals surface area (Å²) in [5.41, 5.74) is 0.331. The van der Waals surface area contributed by atoms with Gasteiger partial charge in [-0.1, -0.05) is 11.6 Å². The molecule has 2 amide bonds. The number of amides is 2. The van der Waals surface area contributed by atoms with E-state index in [9.17, 15) is 9.59 Å². The molecule has 1 fully saturated rings. The Hall–Kier alpha value is -1.99. The fourth-order valence-corrected chi connectivity index (χ4v) is 3.49. The molecule has 120 valence electrons. The Morgan fingerprint density at radius 1 is 1.04 bits per heavy atom. The molecule has 2 aromatic heterocycles. The predicted molar refractivity (Wildman–Crippen MR) is 87.8 cm³/mol. The summed E-state index contributed by atoms with van der Waals surface area (Å²) in [5, 5.41) is 0. The monoisotopic (exact) mass is 350 g/mol. The largest absolute Gasteiger partial charge is 0.336 e. The van der Waals surface area contributed by atoms with Crippen LogP contribution in [0.1, 0.15) is 26.6 Å². The number of rotatable bonds is 2. The molecule has 0 unspecified atom stereocenters. The molecule has 0 radical (unpaired) electrons. The molecule has 1 aliphatic heterocycles. The van der Waals surface area contributed by atoms with Crippen molar-refractivity contribution in [2.75, 3.05) is 26.2 Å². The van der Waals surface area contributed by atoms with Crippen molar-refractivity contribution in [1.82, 2.24) is 19.8 Å². The van der Waals surface area contributed by atoms with Crippen LogP contribution in [-0.4, -0.2) is 57.8 Å². The normalized spacial score (nSPS) is 15.3. The summed E-state index contributed by atoms with van der Waals surface area (Å²) in [6.07, 6.45) is 5.23. The van der Waals surface area contributed by atoms with E-state index in [1.54, 1.807) is 21.9 Å². The maximum Gasteiger partial charge on any atom is 0.274 e. The summed E-state index contributed by atoms with van der Waals surface area (Å²) in [6, 6.07) is 3.46. The van der Waals surface area contributed by atoms with Gasteiger partial charge < -0.3 is 9.80 Å². The van der Waals surface area contributed by atoms with Crippen LogP contribution in [0.5, 0.6) is 0 Å². The molecule has 1 aliphatic rings. The molecule has 0 aliphatic carbocycles. The highest BCUT2D eigenvalue weighted by molar-refractivity contribution is 7.17. The standard InChI is InChI=1S/C15H15ClN4O2S/c16-13-3-2-12(23-13)15(22)20-7-1-6-19(8-9-20)14(21)11-10-17-4-5-18-11/h2-5,10H,1,6-9H2. The summed E-state index contributed by atoms with van der Waals surface area (Å²) in [5.74, 6) is -0.178. The molecule has 6 nitrogen and oxygen atoms in total. The Kier molecular flexibility index (Phi) is 4.88. The molecule has 0 atom stereocenters. The Bertz CT molecular complexity index is 707. The molecule has 0 aromatic carbocycles. The maximum absolute atomic E-state index is 12.5.